The molecule has 21 heavy (non-hydrogen) atoms. The van der Waals surface area contributed by atoms with Crippen LogP contribution in [0.4, 0.5) is 0 Å². The van der Waals surface area contributed by atoms with Crippen LogP contribution in [0.25, 0.3) is 0 Å². The van der Waals surface area contributed by atoms with Crippen molar-refractivity contribution in [2.24, 2.45) is 0 Å². The number of hydrogen-bond donors (Lipinski definition) is 0. The molecule has 110 valence electrons. The monoisotopic (exact) mass is 283 g/mol. The molecule has 0 spiro atoms. The van der Waals surface area contributed by atoms with Crippen molar-refractivity contribution < 1.29 is 4.52 Å². The highest BCUT2D eigenvalue weighted by Crippen LogP contribution is 2.50. The van der Waals surface area contributed by atoms with Crippen molar-refractivity contribution in [3.8, 4) is 0 Å². The Labute approximate surface area is 125 Å². The average molecular weight is 283 g/mol. The Balaban J connectivity index is 1.77. The predicted molar refractivity (Wildman–Crippen MR) is 80.1 cm³/mol. The van der Waals surface area contributed by atoms with Gasteiger partial charge in [-0.25, -0.2) is 0 Å². The molecule has 2 aromatic rings. The normalized spacial score (nSPS) is 32.5. The van der Waals surface area contributed by atoms with E-state index in [4.69, 9.17) is 4.52 Å². The molecule has 2 fully saturated rings. The summed E-state index contributed by atoms with van der Waals surface area (Å²) in [5.74, 6) is 2.36. The maximum atomic E-state index is 5.57. The van der Waals surface area contributed by atoms with Crippen molar-refractivity contribution in [2.75, 3.05) is 7.05 Å². The number of aryl methyl sites for hydroxylation is 1. The second-order valence-electron chi connectivity index (χ2n) is 6.42. The van der Waals surface area contributed by atoms with Gasteiger partial charge in [0.1, 0.15) is 0 Å². The van der Waals surface area contributed by atoms with Crippen molar-refractivity contribution in [3.63, 3.8) is 0 Å². The molecule has 0 amide bonds. The van der Waals surface area contributed by atoms with Crippen molar-refractivity contribution in [2.45, 2.75) is 50.1 Å². The lowest BCUT2D eigenvalue weighted by Crippen LogP contribution is -2.44. The Bertz CT molecular complexity index is 624. The Kier molecular flexibility index (Phi) is 3.07. The zero-order chi connectivity index (χ0) is 14.4. The summed E-state index contributed by atoms with van der Waals surface area (Å²) in [6.07, 6.45) is 3.70. The highest BCUT2D eigenvalue weighted by Gasteiger charge is 2.48. The lowest BCUT2D eigenvalue weighted by Gasteiger charge is -2.41. The van der Waals surface area contributed by atoms with Gasteiger partial charge in [0.05, 0.1) is 5.92 Å². The standard InChI is InChI=1S/C17H21N3O/c1-11-18-17(21-19-11)16-14(12-6-4-3-5-7-12)10-13-8-9-15(16)20(13)2/h3-7,13-16H,8-10H2,1-2H3/t13-,14+,15+,16-/m0/s1. The van der Waals surface area contributed by atoms with Gasteiger partial charge < -0.3 is 4.52 Å². The molecule has 0 aliphatic carbocycles. The fourth-order valence-electron chi connectivity index (χ4n) is 4.29. The molecule has 0 unspecified atom stereocenters. The summed E-state index contributed by atoms with van der Waals surface area (Å²) >= 11 is 0. The molecule has 0 saturated carbocycles. The van der Waals surface area contributed by atoms with Crippen LogP contribution in [-0.4, -0.2) is 34.2 Å². The highest BCUT2D eigenvalue weighted by atomic mass is 16.5. The number of rotatable bonds is 2. The van der Waals surface area contributed by atoms with E-state index in [0.717, 1.165) is 11.7 Å². The number of nitrogens with zero attached hydrogens (tertiary/aromatic N) is 3. The Hall–Kier alpha value is -1.68. The molecule has 1 aromatic carbocycles. The molecule has 4 heteroatoms. The van der Waals surface area contributed by atoms with Gasteiger partial charge in [-0.2, -0.15) is 4.98 Å². The molecule has 2 saturated heterocycles. The van der Waals surface area contributed by atoms with Crippen LogP contribution in [0, 0.1) is 6.92 Å². The molecule has 4 atom stereocenters. The maximum absolute atomic E-state index is 5.57. The highest BCUT2D eigenvalue weighted by molar-refractivity contribution is 5.27. The summed E-state index contributed by atoms with van der Waals surface area (Å²) < 4.78 is 5.57. The number of hydrogen-bond acceptors (Lipinski definition) is 4. The van der Waals surface area contributed by atoms with Gasteiger partial charge in [-0.3, -0.25) is 4.90 Å². The smallest absolute Gasteiger partial charge is 0.231 e. The van der Waals surface area contributed by atoms with E-state index < -0.39 is 0 Å². The number of likely N-dealkylation sites (N-methyl/N-ethyl adjacent to an activating group) is 1. The van der Waals surface area contributed by atoms with E-state index in [0.29, 0.717) is 23.9 Å². The van der Waals surface area contributed by atoms with E-state index in [9.17, 15) is 0 Å². The first-order valence-electron chi connectivity index (χ1n) is 7.81. The van der Waals surface area contributed by atoms with E-state index in [-0.39, 0.29) is 0 Å². The van der Waals surface area contributed by atoms with Crippen LogP contribution in [0.15, 0.2) is 34.9 Å². The van der Waals surface area contributed by atoms with Crippen LogP contribution >= 0.6 is 0 Å². The average Bonchev–Trinajstić information content (AvgIpc) is 3.01. The minimum atomic E-state index is 0.317. The van der Waals surface area contributed by atoms with Crippen molar-refractivity contribution >= 4 is 0 Å². The van der Waals surface area contributed by atoms with Crippen molar-refractivity contribution in [1.82, 2.24) is 15.0 Å². The summed E-state index contributed by atoms with van der Waals surface area (Å²) in [6.45, 7) is 1.90. The SMILES string of the molecule is Cc1noc([C@H]2[C@@H](c3ccccc3)C[C@@H]3CC[C@H]2N3C)n1. The summed E-state index contributed by atoms with van der Waals surface area (Å²) in [5, 5.41) is 4.02. The van der Waals surface area contributed by atoms with Gasteiger partial charge in [0.25, 0.3) is 0 Å². The Morgan fingerprint density at radius 1 is 1.19 bits per heavy atom. The van der Waals surface area contributed by atoms with Gasteiger partial charge in [-0.1, -0.05) is 35.5 Å². The minimum Gasteiger partial charge on any atom is -0.339 e. The van der Waals surface area contributed by atoms with E-state index in [1.807, 2.05) is 6.92 Å². The van der Waals surface area contributed by atoms with Gasteiger partial charge in [0.2, 0.25) is 5.89 Å². The van der Waals surface area contributed by atoms with Crippen LogP contribution in [0.1, 0.15) is 48.4 Å². The number of fused-ring (bicyclic) bond motifs is 2. The summed E-state index contributed by atoms with van der Waals surface area (Å²) in [4.78, 5) is 7.09. The van der Waals surface area contributed by atoms with E-state index in [2.05, 4.69) is 52.4 Å². The lowest BCUT2D eigenvalue weighted by atomic mass is 9.76. The van der Waals surface area contributed by atoms with Gasteiger partial charge in [0, 0.05) is 12.1 Å². The molecular formula is C17H21N3O. The predicted octanol–water partition coefficient (Wildman–Crippen LogP) is 3.11. The van der Waals surface area contributed by atoms with Gasteiger partial charge >= 0.3 is 0 Å². The summed E-state index contributed by atoms with van der Waals surface area (Å²) in [5.41, 5.74) is 1.41. The largest absolute Gasteiger partial charge is 0.339 e. The van der Waals surface area contributed by atoms with Gasteiger partial charge in [0.15, 0.2) is 5.82 Å². The molecule has 4 nitrogen and oxygen atoms in total. The maximum Gasteiger partial charge on any atom is 0.231 e. The van der Waals surface area contributed by atoms with Gasteiger partial charge in [-0.05, 0) is 44.7 Å². The Morgan fingerprint density at radius 2 is 2.00 bits per heavy atom. The zero-order valence-corrected chi connectivity index (χ0v) is 12.6. The molecule has 1 aromatic heterocycles. The number of piperidine rings is 1. The van der Waals surface area contributed by atoms with E-state index in [1.165, 1.54) is 24.8 Å². The lowest BCUT2D eigenvalue weighted by molar-refractivity contribution is 0.120. The van der Waals surface area contributed by atoms with Crippen LogP contribution in [0.5, 0.6) is 0 Å². The third kappa shape index (κ3) is 2.09. The molecule has 2 aliphatic rings. The van der Waals surface area contributed by atoms with E-state index in [1.54, 1.807) is 0 Å². The molecule has 2 bridgehead atoms. The summed E-state index contributed by atoms with van der Waals surface area (Å²) in [6, 6.07) is 12.0. The van der Waals surface area contributed by atoms with Crippen molar-refractivity contribution in [1.29, 1.82) is 0 Å². The second-order valence-corrected chi connectivity index (χ2v) is 6.42. The Morgan fingerprint density at radius 3 is 2.71 bits per heavy atom. The fourth-order valence-corrected chi connectivity index (χ4v) is 4.29. The fraction of sp³-hybridized carbons (Fsp3) is 0.529. The molecule has 2 aliphatic heterocycles. The van der Waals surface area contributed by atoms with Crippen LogP contribution < -0.4 is 0 Å². The molecule has 3 heterocycles. The molecule has 0 radical (unpaired) electrons. The molecule has 4 rings (SSSR count). The zero-order valence-electron chi connectivity index (χ0n) is 12.6. The third-order valence-corrected chi connectivity index (χ3v) is 5.32. The quantitative estimate of drug-likeness (QED) is 0.849. The minimum absolute atomic E-state index is 0.317. The van der Waals surface area contributed by atoms with Crippen molar-refractivity contribution in [3.05, 3.63) is 47.6 Å². The third-order valence-electron chi connectivity index (χ3n) is 5.32. The first kappa shape index (κ1) is 13.0. The summed E-state index contributed by atoms with van der Waals surface area (Å²) in [7, 11) is 2.25. The molecule has 0 N–H and O–H groups in total. The first-order valence-corrected chi connectivity index (χ1v) is 7.81. The first-order chi connectivity index (χ1) is 10.2. The number of benzene rings is 1. The second kappa shape index (κ2) is 4.95. The topological polar surface area (TPSA) is 42.2 Å². The van der Waals surface area contributed by atoms with Crippen LogP contribution in [0.2, 0.25) is 0 Å². The van der Waals surface area contributed by atoms with E-state index >= 15 is 0 Å². The molecular weight excluding hydrogens is 262 g/mol. The van der Waals surface area contributed by atoms with Crippen LogP contribution in [0.3, 0.4) is 0 Å². The number of aromatic nitrogens is 2. The van der Waals surface area contributed by atoms with Gasteiger partial charge in [-0.15, -0.1) is 0 Å². The van der Waals surface area contributed by atoms with Crippen LogP contribution in [-0.2, 0) is 0 Å².